The molecule has 5 nitrogen and oxygen atoms in total. The number of anilines is 1. The highest BCUT2D eigenvalue weighted by atomic mass is 19.4. The summed E-state index contributed by atoms with van der Waals surface area (Å²) in [6, 6.07) is 4.84. The second-order valence-corrected chi connectivity index (χ2v) is 8.46. The fraction of sp³-hybridized carbons (Fsp3) is 0.619. The van der Waals surface area contributed by atoms with Crippen molar-refractivity contribution in [3.8, 4) is 0 Å². The summed E-state index contributed by atoms with van der Waals surface area (Å²) in [5, 5.41) is 17.1. The van der Waals surface area contributed by atoms with E-state index in [-0.39, 0.29) is 17.9 Å². The van der Waals surface area contributed by atoms with Crippen LogP contribution in [0.5, 0.6) is 0 Å². The van der Waals surface area contributed by atoms with Crippen molar-refractivity contribution in [2.45, 2.75) is 62.8 Å². The first kappa shape index (κ1) is 20.2. The Kier molecular flexibility index (Phi) is 5.31. The molecule has 1 amide bonds. The third-order valence-electron chi connectivity index (χ3n) is 6.46. The van der Waals surface area contributed by atoms with Gasteiger partial charge in [-0.05, 0) is 56.4 Å². The van der Waals surface area contributed by atoms with Crippen LogP contribution in [0.3, 0.4) is 0 Å². The predicted octanol–water partition coefficient (Wildman–Crippen LogP) is 3.81. The lowest BCUT2D eigenvalue weighted by Gasteiger charge is -2.42. The van der Waals surface area contributed by atoms with E-state index in [1.165, 1.54) is 12.1 Å². The Morgan fingerprint density at radius 2 is 1.83 bits per heavy atom. The monoisotopic (exact) mass is 409 g/mol. The molecular weight excluding hydrogens is 383 g/mol. The number of amides is 1. The lowest BCUT2D eigenvalue weighted by Crippen LogP contribution is -2.51. The van der Waals surface area contributed by atoms with Gasteiger partial charge in [-0.1, -0.05) is 6.42 Å². The number of nitrogens with zero attached hydrogens (tertiary/aromatic N) is 3. The third-order valence-corrected chi connectivity index (χ3v) is 6.46. The van der Waals surface area contributed by atoms with E-state index in [2.05, 4.69) is 5.10 Å². The molecule has 1 saturated heterocycles. The van der Waals surface area contributed by atoms with Crippen LogP contribution in [0.2, 0.25) is 0 Å². The fourth-order valence-corrected chi connectivity index (χ4v) is 4.40. The molecule has 1 aliphatic carbocycles. The number of carbonyl (C=O) groups excluding carboxylic acids is 1. The molecule has 1 atom stereocenters. The number of halogens is 3. The SMILES string of the molecule is O=C(C1CCC1)N1CCC(O)(CC2CC=NN2c2ccc(C(F)(F)F)cc2)CC1. The van der Waals surface area contributed by atoms with Crippen LogP contribution < -0.4 is 5.01 Å². The van der Waals surface area contributed by atoms with Gasteiger partial charge < -0.3 is 10.0 Å². The summed E-state index contributed by atoms with van der Waals surface area (Å²) in [5.41, 5.74) is -1.00. The average molecular weight is 409 g/mol. The van der Waals surface area contributed by atoms with Crippen LogP contribution in [0, 0.1) is 5.92 Å². The third kappa shape index (κ3) is 4.27. The highest BCUT2D eigenvalue weighted by Crippen LogP contribution is 2.36. The van der Waals surface area contributed by atoms with Crippen LogP contribution in [0.15, 0.2) is 29.4 Å². The Labute approximate surface area is 168 Å². The average Bonchev–Trinajstić information content (AvgIpc) is 3.07. The van der Waals surface area contributed by atoms with Crippen molar-refractivity contribution in [2.24, 2.45) is 11.0 Å². The maximum atomic E-state index is 12.8. The first-order valence-corrected chi connectivity index (χ1v) is 10.3. The van der Waals surface area contributed by atoms with Crippen LogP contribution in [0.1, 0.15) is 50.5 Å². The molecule has 1 aromatic carbocycles. The van der Waals surface area contributed by atoms with Gasteiger partial charge in [-0.3, -0.25) is 9.80 Å². The molecule has 1 N–H and O–H groups in total. The zero-order valence-electron chi connectivity index (χ0n) is 16.2. The topological polar surface area (TPSA) is 56.1 Å². The highest BCUT2D eigenvalue weighted by molar-refractivity contribution is 5.79. The summed E-state index contributed by atoms with van der Waals surface area (Å²) in [6.45, 7) is 1.11. The molecule has 1 unspecified atom stereocenters. The summed E-state index contributed by atoms with van der Waals surface area (Å²) in [4.78, 5) is 14.3. The van der Waals surface area contributed by atoms with E-state index in [9.17, 15) is 23.1 Å². The molecular formula is C21H26F3N3O2. The van der Waals surface area contributed by atoms with Crippen molar-refractivity contribution in [3.05, 3.63) is 29.8 Å². The number of piperidine rings is 1. The standard InChI is InChI=1S/C21H26F3N3O2/c22-21(23,24)16-4-6-17(7-5-16)27-18(8-11-25-27)14-20(29)9-12-26(13-10-20)19(28)15-2-1-3-15/h4-7,11,15,18,29H,1-3,8-10,12-14H2. The molecule has 1 saturated carbocycles. The van der Waals surface area contributed by atoms with Gasteiger partial charge in [-0.15, -0.1) is 0 Å². The molecule has 0 bridgehead atoms. The zero-order chi connectivity index (χ0) is 20.6. The van der Waals surface area contributed by atoms with Crippen molar-refractivity contribution in [3.63, 3.8) is 0 Å². The van der Waals surface area contributed by atoms with Gasteiger partial charge in [0.15, 0.2) is 0 Å². The Morgan fingerprint density at radius 1 is 1.17 bits per heavy atom. The van der Waals surface area contributed by atoms with E-state index in [1.54, 1.807) is 11.2 Å². The number of likely N-dealkylation sites (tertiary alicyclic amines) is 1. The highest BCUT2D eigenvalue weighted by Gasteiger charge is 2.40. The molecule has 2 heterocycles. The van der Waals surface area contributed by atoms with Gasteiger partial charge >= 0.3 is 6.18 Å². The first-order valence-electron chi connectivity index (χ1n) is 10.3. The molecule has 2 fully saturated rings. The van der Waals surface area contributed by atoms with Crippen molar-refractivity contribution < 1.29 is 23.1 Å². The van der Waals surface area contributed by atoms with Crippen LogP contribution in [0.25, 0.3) is 0 Å². The van der Waals surface area contributed by atoms with Crippen LogP contribution in [0.4, 0.5) is 18.9 Å². The van der Waals surface area contributed by atoms with E-state index in [1.807, 2.05) is 4.90 Å². The molecule has 1 aromatic rings. The van der Waals surface area contributed by atoms with Crippen LogP contribution >= 0.6 is 0 Å². The summed E-state index contributed by atoms with van der Waals surface area (Å²) in [6.07, 6.45) is 2.57. The van der Waals surface area contributed by atoms with Gasteiger partial charge in [-0.25, -0.2) is 0 Å². The quantitative estimate of drug-likeness (QED) is 0.823. The van der Waals surface area contributed by atoms with Gasteiger partial charge in [0.2, 0.25) is 5.91 Å². The first-order chi connectivity index (χ1) is 13.8. The molecule has 0 aromatic heterocycles. The van der Waals surface area contributed by atoms with Gasteiger partial charge in [0, 0.05) is 31.6 Å². The summed E-state index contributed by atoms with van der Waals surface area (Å²) < 4.78 is 38.4. The second kappa shape index (κ2) is 7.63. The maximum Gasteiger partial charge on any atom is 0.416 e. The Balaban J connectivity index is 1.37. The fourth-order valence-electron chi connectivity index (χ4n) is 4.40. The minimum absolute atomic E-state index is 0.106. The lowest BCUT2D eigenvalue weighted by molar-refractivity contribution is -0.142. The molecule has 0 spiro atoms. The summed E-state index contributed by atoms with van der Waals surface area (Å²) in [5.74, 6) is 0.383. The van der Waals surface area contributed by atoms with Gasteiger partial charge in [-0.2, -0.15) is 18.3 Å². The largest absolute Gasteiger partial charge is 0.416 e. The number of hydrogen-bond donors (Lipinski definition) is 1. The minimum Gasteiger partial charge on any atom is -0.390 e. The van der Waals surface area contributed by atoms with Gasteiger partial charge in [0.1, 0.15) is 0 Å². The maximum absolute atomic E-state index is 12.8. The Morgan fingerprint density at radius 3 is 2.38 bits per heavy atom. The number of alkyl halides is 3. The van der Waals surface area contributed by atoms with E-state index < -0.39 is 17.3 Å². The van der Waals surface area contributed by atoms with E-state index in [4.69, 9.17) is 0 Å². The summed E-state index contributed by atoms with van der Waals surface area (Å²) in [7, 11) is 0. The second-order valence-electron chi connectivity index (χ2n) is 8.46. The van der Waals surface area contributed by atoms with Crippen LogP contribution in [-0.2, 0) is 11.0 Å². The van der Waals surface area contributed by atoms with Crippen molar-refractivity contribution in [2.75, 3.05) is 18.1 Å². The molecule has 3 aliphatic rings. The minimum atomic E-state index is -4.37. The number of benzene rings is 1. The molecule has 0 radical (unpaired) electrons. The number of carbonyl (C=O) groups is 1. The Hall–Kier alpha value is -2.09. The van der Waals surface area contributed by atoms with E-state index in [0.29, 0.717) is 44.5 Å². The van der Waals surface area contributed by atoms with Crippen molar-refractivity contribution in [1.29, 1.82) is 0 Å². The van der Waals surface area contributed by atoms with Crippen molar-refractivity contribution in [1.82, 2.24) is 4.90 Å². The van der Waals surface area contributed by atoms with Gasteiger partial charge in [0.05, 0.1) is 22.9 Å². The molecule has 8 heteroatoms. The number of aliphatic hydroxyl groups is 1. The number of rotatable bonds is 4. The van der Waals surface area contributed by atoms with Gasteiger partial charge in [0.25, 0.3) is 0 Å². The number of hydrogen-bond acceptors (Lipinski definition) is 4. The smallest absolute Gasteiger partial charge is 0.390 e. The molecule has 158 valence electrons. The van der Waals surface area contributed by atoms with Crippen molar-refractivity contribution >= 4 is 17.8 Å². The normalized spacial score (nSPS) is 24.6. The Bertz CT molecular complexity index is 766. The van der Waals surface area contributed by atoms with E-state index in [0.717, 1.165) is 31.4 Å². The van der Waals surface area contributed by atoms with Crippen LogP contribution in [-0.4, -0.2) is 46.9 Å². The lowest BCUT2D eigenvalue weighted by atomic mass is 9.81. The van der Waals surface area contributed by atoms with E-state index >= 15 is 0 Å². The molecule has 29 heavy (non-hydrogen) atoms. The molecule has 4 rings (SSSR count). The predicted molar refractivity (Wildman–Crippen MR) is 104 cm³/mol. The number of hydrazone groups is 1. The molecule has 2 aliphatic heterocycles. The zero-order valence-corrected chi connectivity index (χ0v) is 16.2. The summed E-state index contributed by atoms with van der Waals surface area (Å²) >= 11 is 0.